The molecule has 0 saturated heterocycles. The Morgan fingerprint density at radius 1 is 1.09 bits per heavy atom. The van der Waals surface area contributed by atoms with Gasteiger partial charge in [0.15, 0.2) is 23.1 Å². The zero-order valence-electron chi connectivity index (χ0n) is 17.2. The molecule has 33 heavy (non-hydrogen) atoms. The van der Waals surface area contributed by atoms with Crippen molar-refractivity contribution in [2.75, 3.05) is 13.7 Å². The topological polar surface area (TPSA) is 88.4 Å². The molecule has 1 amide bonds. The number of nitrogens with zero attached hydrogens (tertiary/aromatic N) is 2. The Labute approximate surface area is 184 Å². The molecule has 2 aromatic heterocycles. The fourth-order valence-corrected chi connectivity index (χ4v) is 4.00. The fourth-order valence-electron chi connectivity index (χ4n) is 4.00. The molecule has 5 rings (SSSR count). The van der Waals surface area contributed by atoms with Crippen LogP contribution in [0.1, 0.15) is 27.8 Å². The standard InChI is InChI=1S/C23H16F3N3O4/c1-29(23(31)17-8-20(33-28-17)11-2-4-12(24)5-3-11)19-10-32-9-18-21(19)13-6-15(25)16(26)7-14(13)22(30)27-18/h2-8,19H,9-10H2,1H3,(H,27,30). The van der Waals surface area contributed by atoms with E-state index in [1.807, 2.05) is 0 Å². The van der Waals surface area contributed by atoms with Gasteiger partial charge >= 0.3 is 0 Å². The van der Waals surface area contributed by atoms with Gasteiger partial charge in [-0.05, 0) is 41.8 Å². The number of pyridine rings is 1. The number of carbonyl (C=O) groups excluding carboxylic acids is 1. The van der Waals surface area contributed by atoms with Gasteiger partial charge in [0.1, 0.15) is 5.82 Å². The zero-order chi connectivity index (χ0) is 23.3. The Balaban J connectivity index is 1.53. The second-order valence-corrected chi connectivity index (χ2v) is 7.69. The summed E-state index contributed by atoms with van der Waals surface area (Å²) in [4.78, 5) is 29.5. The van der Waals surface area contributed by atoms with E-state index in [4.69, 9.17) is 9.26 Å². The highest BCUT2D eigenvalue weighted by atomic mass is 19.2. The Kier molecular flexibility index (Phi) is 5.01. The number of H-pyrrole nitrogens is 1. The summed E-state index contributed by atoms with van der Waals surface area (Å²) < 4.78 is 51.8. The van der Waals surface area contributed by atoms with Crippen molar-refractivity contribution in [3.8, 4) is 11.3 Å². The van der Waals surface area contributed by atoms with E-state index in [-0.39, 0.29) is 35.4 Å². The van der Waals surface area contributed by atoms with Crippen LogP contribution in [0, 0.1) is 17.5 Å². The SMILES string of the molecule is CN(C(=O)c1cc(-c2ccc(F)cc2)on1)C1COCc2[nH]c(=O)c3cc(F)c(F)cc3c21. The van der Waals surface area contributed by atoms with Crippen LogP contribution < -0.4 is 5.56 Å². The van der Waals surface area contributed by atoms with Crippen molar-refractivity contribution < 1.29 is 27.2 Å². The maximum Gasteiger partial charge on any atom is 0.276 e. The normalized spacial score (nSPS) is 15.5. The quantitative estimate of drug-likeness (QED) is 0.506. The lowest BCUT2D eigenvalue weighted by atomic mass is 9.95. The van der Waals surface area contributed by atoms with Gasteiger partial charge in [0.05, 0.1) is 24.6 Å². The Bertz CT molecular complexity index is 1450. The molecule has 0 saturated carbocycles. The minimum atomic E-state index is -1.14. The Morgan fingerprint density at radius 3 is 2.52 bits per heavy atom. The van der Waals surface area contributed by atoms with Crippen molar-refractivity contribution in [1.82, 2.24) is 15.0 Å². The molecular formula is C23H16F3N3O4. The van der Waals surface area contributed by atoms with Gasteiger partial charge in [0, 0.05) is 29.9 Å². The van der Waals surface area contributed by atoms with E-state index in [1.165, 1.54) is 42.3 Å². The van der Waals surface area contributed by atoms with Gasteiger partial charge in [-0.1, -0.05) is 5.16 Å². The fraction of sp³-hybridized carbons (Fsp3) is 0.174. The summed E-state index contributed by atoms with van der Waals surface area (Å²) in [6.07, 6.45) is 0. The minimum Gasteiger partial charge on any atom is -0.373 e. The van der Waals surface area contributed by atoms with Gasteiger partial charge in [-0.2, -0.15) is 0 Å². The molecule has 2 aromatic carbocycles. The number of aromatic nitrogens is 2. The summed E-state index contributed by atoms with van der Waals surface area (Å²) in [7, 11) is 1.51. The molecule has 0 fully saturated rings. The lowest BCUT2D eigenvalue weighted by Crippen LogP contribution is -2.37. The second kappa shape index (κ2) is 7.89. The summed E-state index contributed by atoms with van der Waals surface area (Å²) in [5.74, 6) is -2.89. The number of hydrogen-bond acceptors (Lipinski definition) is 5. The molecule has 1 aliphatic rings. The Morgan fingerprint density at radius 2 is 1.79 bits per heavy atom. The first-order chi connectivity index (χ1) is 15.8. The third-order valence-corrected chi connectivity index (χ3v) is 5.69. The molecule has 3 heterocycles. The highest BCUT2D eigenvalue weighted by Crippen LogP contribution is 2.34. The van der Waals surface area contributed by atoms with Crippen LogP contribution in [0.25, 0.3) is 22.1 Å². The second-order valence-electron chi connectivity index (χ2n) is 7.69. The zero-order valence-corrected chi connectivity index (χ0v) is 17.2. The number of ether oxygens (including phenoxy) is 1. The Hall–Kier alpha value is -3.92. The average molecular weight is 455 g/mol. The molecule has 168 valence electrons. The lowest BCUT2D eigenvalue weighted by Gasteiger charge is -2.33. The van der Waals surface area contributed by atoms with Gasteiger partial charge in [-0.3, -0.25) is 9.59 Å². The summed E-state index contributed by atoms with van der Waals surface area (Å²) in [6.45, 7) is 0.120. The molecule has 7 nitrogen and oxygen atoms in total. The third kappa shape index (κ3) is 3.58. The number of halogens is 3. The summed E-state index contributed by atoms with van der Waals surface area (Å²) >= 11 is 0. The molecule has 0 aliphatic carbocycles. The van der Waals surface area contributed by atoms with E-state index in [0.29, 0.717) is 16.8 Å². The lowest BCUT2D eigenvalue weighted by molar-refractivity contribution is 0.0330. The number of aromatic amines is 1. The van der Waals surface area contributed by atoms with Crippen LogP contribution in [0.5, 0.6) is 0 Å². The summed E-state index contributed by atoms with van der Waals surface area (Å²) in [5, 5.41) is 4.00. The van der Waals surface area contributed by atoms with Crippen LogP contribution in [0.3, 0.4) is 0 Å². The smallest absolute Gasteiger partial charge is 0.276 e. The first kappa shape index (κ1) is 21.0. The highest BCUT2D eigenvalue weighted by molar-refractivity contribution is 5.94. The van der Waals surface area contributed by atoms with Gasteiger partial charge in [-0.25, -0.2) is 13.2 Å². The molecule has 0 bridgehead atoms. The van der Waals surface area contributed by atoms with E-state index in [1.54, 1.807) is 0 Å². The number of nitrogens with one attached hydrogen (secondary N) is 1. The van der Waals surface area contributed by atoms with Crippen LogP contribution in [0.15, 0.2) is 51.8 Å². The van der Waals surface area contributed by atoms with Crippen LogP contribution in [-0.2, 0) is 11.3 Å². The maximum atomic E-state index is 14.0. The van der Waals surface area contributed by atoms with Crippen molar-refractivity contribution in [3.05, 3.63) is 87.2 Å². The van der Waals surface area contributed by atoms with E-state index in [9.17, 15) is 22.8 Å². The van der Waals surface area contributed by atoms with Crippen LogP contribution in [-0.4, -0.2) is 34.6 Å². The number of fused-ring (bicyclic) bond motifs is 3. The van der Waals surface area contributed by atoms with Gasteiger partial charge in [0.2, 0.25) is 0 Å². The largest absolute Gasteiger partial charge is 0.373 e. The predicted molar refractivity (Wildman–Crippen MR) is 111 cm³/mol. The first-order valence-corrected chi connectivity index (χ1v) is 9.95. The molecule has 1 unspecified atom stereocenters. The van der Waals surface area contributed by atoms with Crippen LogP contribution in [0.4, 0.5) is 13.2 Å². The molecule has 1 atom stereocenters. The number of rotatable bonds is 3. The van der Waals surface area contributed by atoms with Gasteiger partial charge in [0.25, 0.3) is 11.5 Å². The summed E-state index contributed by atoms with van der Waals surface area (Å²) in [6, 6.07) is 8.02. The molecular weight excluding hydrogens is 439 g/mol. The predicted octanol–water partition coefficient (Wildman–Crippen LogP) is 3.94. The van der Waals surface area contributed by atoms with E-state index in [2.05, 4.69) is 10.1 Å². The van der Waals surface area contributed by atoms with Crippen LogP contribution >= 0.6 is 0 Å². The van der Waals surface area contributed by atoms with Crippen molar-refractivity contribution in [1.29, 1.82) is 0 Å². The number of carbonyl (C=O) groups is 1. The van der Waals surface area contributed by atoms with E-state index in [0.717, 1.165) is 12.1 Å². The number of likely N-dealkylation sites (N-methyl/N-ethyl adjacent to an activating group) is 1. The van der Waals surface area contributed by atoms with Crippen molar-refractivity contribution in [3.63, 3.8) is 0 Å². The van der Waals surface area contributed by atoms with Crippen LogP contribution in [0.2, 0.25) is 0 Å². The van der Waals surface area contributed by atoms with E-state index >= 15 is 0 Å². The summed E-state index contributed by atoms with van der Waals surface area (Å²) in [5.41, 5.74) is 0.795. The number of amides is 1. The van der Waals surface area contributed by atoms with Crippen molar-refractivity contribution in [2.45, 2.75) is 12.6 Å². The van der Waals surface area contributed by atoms with Crippen molar-refractivity contribution in [2.24, 2.45) is 0 Å². The molecule has 10 heteroatoms. The van der Waals surface area contributed by atoms with Gasteiger partial charge in [-0.15, -0.1) is 0 Å². The maximum absolute atomic E-state index is 14.0. The van der Waals surface area contributed by atoms with Crippen molar-refractivity contribution >= 4 is 16.7 Å². The average Bonchev–Trinajstić information content (AvgIpc) is 3.30. The number of hydrogen-bond donors (Lipinski definition) is 1. The molecule has 0 radical (unpaired) electrons. The third-order valence-electron chi connectivity index (χ3n) is 5.69. The monoisotopic (exact) mass is 455 g/mol. The van der Waals surface area contributed by atoms with E-state index < -0.39 is 35.0 Å². The first-order valence-electron chi connectivity index (χ1n) is 9.95. The molecule has 0 spiro atoms. The molecule has 1 N–H and O–H groups in total. The minimum absolute atomic E-state index is 0.00472. The number of benzene rings is 2. The highest BCUT2D eigenvalue weighted by Gasteiger charge is 2.32. The van der Waals surface area contributed by atoms with Gasteiger partial charge < -0.3 is 19.1 Å². The molecule has 4 aromatic rings. The molecule has 1 aliphatic heterocycles.